The van der Waals surface area contributed by atoms with Crippen LogP contribution < -0.4 is 4.57 Å². The van der Waals surface area contributed by atoms with Gasteiger partial charge in [-0.1, -0.05) is 29.8 Å². The van der Waals surface area contributed by atoms with Gasteiger partial charge in [-0.05, 0) is 35.9 Å². The molecule has 0 unspecified atom stereocenters. The predicted octanol–water partition coefficient (Wildman–Crippen LogP) is 4.97. The van der Waals surface area contributed by atoms with Gasteiger partial charge in [0.15, 0.2) is 0 Å². The van der Waals surface area contributed by atoms with E-state index in [2.05, 4.69) is 59.1 Å². The molecule has 0 radical (unpaired) electrons. The van der Waals surface area contributed by atoms with Crippen LogP contribution in [0.25, 0.3) is 34.0 Å². The summed E-state index contributed by atoms with van der Waals surface area (Å²) in [5, 5.41) is 3.17. The summed E-state index contributed by atoms with van der Waals surface area (Å²) in [5.74, 6) is 0. The van der Waals surface area contributed by atoms with Crippen LogP contribution in [-0.4, -0.2) is 4.98 Å². The summed E-state index contributed by atoms with van der Waals surface area (Å²) in [5.41, 5.74) is 4.59. The van der Waals surface area contributed by atoms with Crippen molar-refractivity contribution in [1.29, 1.82) is 0 Å². The Hall–Kier alpha value is -2.58. The van der Waals surface area contributed by atoms with Crippen molar-refractivity contribution in [2.24, 2.45) is 7.05 Å². The number of H-pyrrole nitrogens is 1. The molecule has 4 rings (SSSR count). The van der Waals surface area contributed by atoms with Crippen LogP contribution in [0.2, 0.25) is 5.02 Å². The van der Waals surface area contributed by atoms with Crippen molar-refractivity contribution in [1.82, 2.24) is 4.98 Å². The second-order valence-corrected chi connectivity index (χ2v) is 6.08. The second-order valence-electron chi connectivity index (χ2n) is 5.64. The van der Waals surface area contributed by atoms with Crippen LogP contribution in [0.5, 0.6) is 0 Å². The zero-order valence-corrected chi connectivity index (χ0v) is 13.5. The Balaban J connectivity index is 1.79. The number of pyridine rings is 1. The van der Waals surface area contributed by atoms with E-state index in [-0.39, 0.29) is 0 Å². The van der Waals surface area contributed by atoms with Crippen molar-refractivity contribution in [3.8, 4) is 0 Å². The summed E-state index contributed by atoms with van der Waals surface area (Å²) in [6.45, 7) is 0. The maximum absolute atomic E-state index is 6.13. The van der Waals surface area contributed by atoms with Gasteiger partial charge in [-0.15, -0.1) is 0 Å². The maximum atomic E-state index is 6.13. The fraction of sp³-hybridized carbons (Fsp3) is 0.0500. The first kappa shape index (κ1) is 14.0. The van der Waals surface area contributed by atoms with Crippen LogP contribution in [0.15, 0.2) is 60.8 Å². The molecule has 0 spiro atoms. The van der Waals surface area contributed by atoms with Crippen molar-refractivity contribution in [2.75, 3.05) is 0 Å². The van der Waals surface area contributed by atoms with Crippen LogP contribution in [-0.2, 0) is 7.05 Å². The first-order valence-corrected chi connectivity index (χ1v) is 7.93. The van der Waals surface area contributed by atoms with Crippen LogP contribution >= 0.6 is 11.6 Å². The number of aryl methyl sites for hydroxylation is 1. The van der Waals surface area contributed by atoms with Gasteiger partial charge in [0.2, 0.25) is 11.2 Å². The van der Waals surface area contributed by atoms with Gasteiger partial charge in [-0.3, -0.25) is 0 Å². The van der Waals surface area contributed by atoms with Crippen molar-refractivity contribution in [3.63, 3.8) is 0 Å². The number of aromatic nitrogens is 2. The van der Waals surface area contributed by atoms with Crippen LogP contribution in [0, 0.1) is 0 Å². The number of nitrogens with zero attached hydrogens (tertiary/aromatic N) is 1. The molecule has 0 saturated heterocycles. The molecule has 3 heteroatoms. The predicted molar refractivity (Wildman–Crippen MR) is 97.4 cm³/mol. The van der Waals surface area contributed by atoms with Crippen molar-refractivity contribution < 1.29 is 4.57 Å². The van der Waals surface area contributed by atoms with E-state index in [1.165, 1.54) is 16.3 Å². The molecule has 23 heavy (non-hydrogen) atoms. The molecule has 0 aliphatic heterocycles. The summed E-state index contributed by atoms with van der Waals surface area (Å²) in [6, 6.07) is 18.5. The SMILES string of the molecule is C[n+]1c(C=Cc2c[nH]c3ccccc23)ccc2ccc(Cl)cc21. The molecule has 4 aromatic rings. The van der Waals surface area contributed by atoms with Crippen molar-refractivity contribution in [2.45, 2.75) is 0 Å². The maximum Gasteiger partial charge on any atom is 0.214 e. The van der Waals surface area contributed by atoms with Crippen molar-refractivity contribution in [3.05, 3.63) is 77.1 Å². The van der Waals surface area contributed by atoms with Crippen LogP contribution in [0.1, 0.15) is 11.3 Å². The number of hydrogen-bond acceptors (Lipinski definition) is 0. The Morgan fingerprint density at radius 2 is 1.83 bits per heavy atom. The number of benzene rings is 2. The lowest BCUT2D eigenvalue weighted by molar-refractivity contribution is -0.646. The quantitative estimate of drug-likeness (QED) is 0.503. The molecular formula is C20H16ClN2+. The van der Waals surface area contributed by atoms with Gasteiger partial charge in [-0.25, -0.2) is 0 Å². The summed E-state index contributed by atoms with van der Waals surface area (Å²) in [7, 11) is 2.06. The summed E-state index contributed by atoms with van der Waals surface area (Å²) in [6.07, 6.45) is 6.32. The van der Waals surface area contributed by atoms with E-state index in [0.717, 1.165) is 21.7 Å². The van der Waals surface area contributed by atoms with Crippen LogP contribution in [0.4, 0.5) is 0 Å². The molecule has 0 saturated carbocycles. The minimum Gasteiger partial charge on any atom is -0.361 e. The van der Waals surface area contributed by atoms with Crippen LogP contribution in [0.3, 0.4) is 0 Å². The lowest BCUT2D eigenvalue weighted by atomic mass is 10.1. The lowest BCUT2D eigenvalue weighted by Crippen LogP contribution is -2.32. The molecule has 0 aliphatic carbocycles. The van der Waals surface area contributed by atoms with Gasteiger partial charge in [0.25, 0.3) is 0 Å². The van der Waals surface area contributed by atoms with E-state index < -0.39 is 0 Å². The van der Waals surface area contributed by atoms with Gasteiger partial charge >= 0.3 is 0 Å². The molecule has 0 atom stereocenters. The number of rotatable bonds is 2. The van der Waals surface area contributed by atoms with Gasteiger partial charge in [-0.2, -0.15) is 4.57 Å². The van der Waals surface area contributed by atoms with E-state index in [1.807, 2.05) is 30.5 Å². The first-order valence-electron chi connectivity index (χ1n) is 7.55. The normalized spacial score (nSPS) is 11.7. The second kappa shape index (κ2) is 5.56. The number of halogens is 1. The molecule has 0 amide bonds. The van der Waals surface area contributed by atoms with Crippen molar-refractivity contribution >= 4 is 45.6 Å². The Labute approximate surface area is 139 Å². The molecule has 1 N–H and O–H groups in total. The van der Waals surface area contributed by atoms with Gasteiger partial charge in [0.05, 0.1) is 0 Å². The van der Waals surface area contributed by atoms with Gasteiger partial charge in [0, 0.05) is 45.7 Å². The molecule has 112 valence electrons. The van der Waals surface area contributed by atoms with Gasteiger partial charge in [0.1, 0.15) is 7.05 Å². The minimum atomic E-state index is 0.755. The zero-order valence-electron chi connectivity index (χ0n) is 12.8. The van der Waals surface area contributed by atoms with E-state index in [1.54, 1.807) is 0 Å². The molecule has 0 fully saturated rings. The highest BCUT2D eigenvalue weighted by molar-refractivity contribution is 6.31. The van der Waals surface area contributed by atoms with E-state index in [0.29, 0.717) is 0 Å². The molecule has 0 bridgehead atoms. The molecule has 2 nitrogen and oxygen atoms in total. The molecule has 2 aromatic carbocycles. The molecule has 2 heterocycles. The molecular weight excluding hydrogens is 304 g/mol. The Kier molecular flexibility index (Phi) is 3.40. The Morgan fingerprint density at radius 1 is 1.00 bits per heavy atom. The van der Waals surface area contributed by atoms with E-state index in [9.17, 15) is 0 Å². The molecule has 0 aliphatic rings. The fourth-order valence-electron chi connectivity index (χ4n) is 2.95. The van der Waals surface area contributed by atoms with E-state index >= 15 is 0 Å². The number of fused-ring (bicyclic) bond motifs is 2. The lowest BCUT2D eigenvalue weighted by Gasteiger charge is -2.00. The third-order valence-corrected chi connectivity index (χ3v) is 4.46. The Morgan fingerprint density at radius 3 is 2.74 bits per heavy atom. The average Bonchev–Trinajstić information content (AvgIpc) is 2.98. The summed E-state index contributed by atoms with van der Waals surface area (Å²) >= 11 is 6.13. The van der Waals surface area contributed by atoms with E-state index in [4.69, 9.17) is 11.6 Å². The third-order valence-electron chi connectivity index (χ3n) is 4.23. The molecule has 2 aromatic heterocycles. The average molecular weight is 320 g/mol. The Bertz CT molecular complexity index is 1040. The van der Waals surface area contributed by atoms with Gasteiger partial charge < -0.3 is 4.98 Å². The number of para-hydroxylation sites is 1. The first-order chi connectivity index (χ1) is 11.2. The zero-order chi connectivity index (χ0) is 15.8. The topological polar surface area (TPSA) is 19.7 Å². The summed E-state index contributed by atoms with van der Waals surface area (Å²) < 4.78 is 2.16. The smallest absolute Gasteiger partial charge is 0.214 e. The number of nitrogens with one attached hydrogen (secondary N) is 1. The highest BCUT2D eigenvalue weighted by Gasteiger charge is 2.10. The minimum absolute atomic E-state index is 0.755. The largest absolute Gasteiger partial charge is 0.361 e. The highest BCUT2D eigenvalue weighted by Crippen LogP contribution is 2.21. The summed E-state index contributed by atoms with van der Waals surface area (Å²) in [4.78, 5) is 3.30. The number of hydrogen-bond donors (Lipinski definition) is 1. The standard InChI is InChI=1S/C20H15ClN2/c1-23-17(10-7-14-6-9-16(21)12-20(14)23)11-8-15-13-22-19-5-3-2-4-18(15)19/h2-13H,1H3/p+1. The number of aromatic amines is 1. The highest BCUT2D eigenvalue weighted by atomic mass is 35.5. The fourth-order valence-corrected chi connectivity index (χ4v) is 3.11. The monoisotopic (exact) mass is 319 g/mol. The third kappa shape index (κ3) is 2.51.